The molecule has 0 radical (unpaired) electrons. The molecule has 1 atom stereocenters. The third-order valence-electron chi connectivity index (χ3n) is 2.61. The Morgan fingerprint density at radius 2 is 2.18 bits per heavy atom. The Hall–Kier alpha value is -0.710. The number of aryl methyl sites for hydroxylation is 2. The minimum absolute atomic E-state index is 0.268. The van der Waals surface area contributed by atoms with E-state index in [9.17, 15) is 0 Å². The minimum atomic E-state index is 0.268. The van der Waals surface area contributed by atoms with Crippen LogP contribution in [0.1, 0.15) is 40.3 Å². The monoisotopic (exact) mass is 266 g/mol. The second-order valence-corrected chi connectivity index (χ2v) is 6.07. The van der Waals surface area contributed by atoms with Crippen molar-refractivity contribution >= 4 is 22.7 Å². The molecule has 1 N–H and O–H groups in total. The van der Waals surface area contributed by atoms with Crippen molar-refractivity contribution in [1.29, 1.82) is 0 Å². The zero-order chi connectivity index (χ0) is 12.3. The van der Waals surface area contributed by atoms with Crippen molar-refractivity contribution in [2.45, 2.75) is 33.2 Å². The maximum Gasteiger partial charge on any atom is 0.115 e. The predicted octanol–water partition coefficient (Wildman–Crippen LogP) is 3.77. The molecule has 2 nitrogen and oxygen atoms in total. The van der Waals surface area contributed by atoms with Crippen LogP contribution in [0.15, 0.2) is 17.5 Å². The van der Waals surface area contributed by atoms with E-state index in [1.807, 2.05) is 11.3 Å². The number of hydrogen-bond acceptors (Lipinski definition) is 4. The largest absolute Gasteiger partial charge is 0.304 e. The van der Waals surface area contributed by atoms with Crippen molar-refractivity contribution in [3.05, 3.63) is 38.0 Å². The van der Waals surface area contributed by atoms with E-state index >= 15 is 0 Å². The summed E-state index contributed by atoms with van der Waals surface area (Å²) in [6.07, 6.45) is 1.11. The Kier molecular flexibility index (Phi) is 4.31. The summed E-state index contributed by atoms with van der Waals surface area (Å²) in [5, 5.41) is 6.82. The standard InChI is InChI=1S/C13H18N2S2/c1-4-10-6-7-11(17-10)12(14-5-2)13-15-9(3)8-16-13/h6-8,12,14H,4-5H2,1-3H3. The van der Waals surface area contributed by atoms with E-state index < -0.39 is 0 Å². The molecule has 0 amide bonds. The van der Waals surface area contributed by atoms with Crippen LogP contribution in [0.4, 0.5) is 0 Å². The van der Waals surface area contributed by atoms with Gasteiger partial charge < -0.3 is 5.32 Å². The Bertz CT molecular complexity index is 473. The molecule has 1 unspecified atom stereocenters. The first-order valence-electron chi connectivity index (χ1n) is 5.98. The maximum absolute atomic E-state index is 4.60. The lowest BCUT2D eigenvalue weighted by Gasteiger charge is -2.13. The van der Waals surface area contributed by atoms with Gasteiger partial charge in [0.2, 0.25) is 0 Å². The van der Waals surface area contributed by atoms with Gasteiger partial charge in [-0.25, -0.2) is 4.98 Å². The highest BCUT2D eigenvalue weighted by atomic mass is 32.1. The van der Waals surface area contributed by atoms with Gasteiger partial charge in [-0.3, -0.25) is 0 Å². The fourth-order valence-electron chi connectivity index (χ4n) is 1.76. The molecule has 0 aromatic carbocycles. The van der Waals surface area contributed by atoms with Crippen LogP contribution in [0.5, 0.6) is 0 Å². The topological polar surface area (TPSA) is 24.9 Å². The molecule has 0 saturated heterocycles. The number of hydrogen-bond donors (Lipinski definition) is 1. The molecule has 0 aliphatic carbocycles. The van der Waals surface area contributed by atoms with Gasteiger partial charge in [-0.2, -0.15) is 0 Å². The van der Waals surface area contributed by atoms with E-state index in [1.54, 1.807) is 11.3 Å². The minimum Gasteiger partial charge on any atom is -0.304 e. The number of thiazole rings is 1. The first-order valence-corrected chi connectivity index (χ1v) is 7.68. The molecule has 92 valence electrons. The van der Waals surface area contributed by atoms with Gasteiger partial charge in [0.1, 0.15) is 5.01 Å². The van der Waals surface area contributed by atoms with Crippen molar-refractivity contribution in [1.82, 2.24) is 10.3 Å². The molecule has 0 fully saturated rings. The van der Waals surface area contributed by atoms with E-state index in [4.69, 9.17) is 0 Å². The lowest BCUT2D eigenvalue weighted by Crippen LogP contribution is -2.20. The van der Waals surface area contributed by atoms with Gasteiger partial charge >= 0.3 is 0 Å². The third-order valence-corrected chi connectivity index (χ3v) is 4.93. The van der Waals surface area contributed by atoms with E-state index in [2.05, 4.69) is 48.6 Å². The fraction of sp³-hybridized carbons (Fsp3) is 0.462. The Morgan fingerprint density at radius 1 is 1.35 bits per heavy atom. The Balaban J connectivity index is 2.28. The number of aromatic nitrogens is 1. The molecule has 0 spiro atoms. The summed E-state index contributed by atoms with van der Waals surface area (Å²) < 4.78 is 0. The molecular weight excluding hydrogens is 248 g/mol. The van der Waals surface area contributed by atoms with Crippen molar-refractivity contribution in [3.63, 3.8) is 0 Å². The summed E-state index contributed by atoms with van der Waals surface area (Å²) >= 11 is 3.63. The summed E-state index contributed by atoms with van der Waals surface area (Å²) in [6, 6.07) is 4.72. The molecule has 0 aliphatic heterocycles. The molecule has 17 heavy (non-hydrogen) atoms. The second kappa shape index (κ2) is 5.76. The number of rotatable bonds is 5. The van der Waals surface area contributed by atoms with Crippen LogP contribution in [0.25, 0.3) is 0 Å². The van der Waals surface area contributed by atoms with Gasteiger partial charge in [0.15, 0.2) is 0 Å². The predicted molar refractivity (Wildman–Crippen MR) is 76.1 cm³/mol. The molecule has 2 aromatic rings. The summed E-state index contributed by atoms with van der Waals surface area (Å²) in [5.74, 6) is 0. The van der Waals surface area contributed by atoms with E-state index in [0.717, 1.165) is 18.7 Å². The van der Waals surface area contributed by atoms with Crippen LogP contribution in [0, 0.1) is 6.92 Å². The summed E-state index contributed by atoms with van der Waals surface area (Å²) in [7, 11) is 0. The third kappa shape index (κ3) is 2.94. The smallest absolute Gasteiger partial charge is 0.115 e. The lowest BCUT2D eigenvalue weighted by molar-refractivity contribution is 0.635. The first kappa shape index (κ1) is 12.7. The van der Waals surface area contributed by atoms with Crippen molar-refractivity contribution in [2.24, 2.45) is 0 Å². The fourth-order valence-corrected chi connectivity index (χ4v) is 3.75. The lowest BCUT2D eigenvalue weighted by atomic mass is 10.2. The Labute approximate surface area is 111 Å². The number of nitrogens with one attached hydrogen (secondary N) is 1. The summed E-state index contributed by atoms with van der Waals surface area (Å²) in [4.78, 5) is 7.42. The van der Waals surface area contributed by atoms with Gasteiger partial charge in [0, 0.05) is 20.8 Å². The summed E-state index contributed by atoms with van der Waals surface area (Å²) in [5.41, 5.74) is 1.11. The van der Waals surface area contributed by atoms with E-state index in [-0.39, 0.29) is 6.04 Å². The first-order chi connectivity index (χ1) is 8.24. The number of thiophene rings is 1. The van der Waals surface area contributed by atoms with Gasteiger partial charge in [-0.15, -0.1) is 22.7 Å². The van der Waals surface area contributed by atoms with Crippen LogP contribution in [0.2, 0.25) is 0 Å². The van der Waals surface area contributed by atoms with Gasteiger partial charge in [-0.05, 0) is 32.0 Å². The van der Waals surface area contributed by atoms with Gasteiger partial charge in [-0.1, -0.05) is 13.8 Å². The summed E-state index contributed by atoms with van der Waals surface area (Å²) in [6.45, 7) is 7.35. The quantitative estimate of drug-likeness (QED) is 0.891. The molecule has 0 bridgehead atoms. The highest BCUT2D eigenvalue weighted by Gasteiger charge is 2.17. The van der Waals surface area contributed by atoms with Crippen molar-refractivity contribution in [2.75, 3.05) is 6.54 Å². The highest BCUT2D eigenvalue weighted by molar-refractivity contribution is 7.12. The zero-order valence-corrected chi connectivity index (χ0v) is 12.1. The molecule has 4 heteroatoms. The normalized spacial score (nSPS) is 12.9. The number of nitrogens with zero attached hydrogens (tertiary/aromatic N) is 1. The van der Waals surface area contributed by atoms with Crippen molar-refractivity contribution < 1.29 is 0 Å². The van der Waals surface area contributed by atoms with Crippen LogP contribution >= 0.6 is 22.7 Å². The van der Waals surface area contributed by atoms with Crippen molar-refractivity contribution in [3.8, 4) is 0 Å². The van der Waals surface area contributed by atoms with E-state index in [0.29, 0.717) is 0 Å². The average Bonchev–Trinajstić information content (AvgIpc) is 2.94. The van der Waals surface area contributed by atoms with Crippen LogP contribution < -0.4 is 5.32 Å². The zero-order valence-electron chi connectivity index (χ0n) is 10.5. The van der Waals surface area contributed by atoms with Gasteiger partial charge in [0.05, 0.1) is 6.04 Å². The van der Waals surface area contributed by atoms with Crippen LogP contribution in [-0.2, 0) is 6.42 Å². The Morgan fingerprint density at radius 3 is 2.71 bits per heavy atom. The van der Waals surface area contributed by atoms with Crippen LogP contribution in [-0.4, -0.2) is 11.5 Å². The van der Waals surface area contributed by atoms with Crippen LogP contribution in [0.3, 0.4) is 0 Å². The molecule has 0 saturated carbocycles. The molecular formula is C13H18N2S2. The SMILES string of the molecule is CCNC(c1ccc(CC)s1)c1nc(C)cs1. The molecule has 2 heterocycles. The molecule has 2 rings (SSSR count). The highest BCUT2D eigenvalue weighted by Crippen LogP contribution is 2.30. The average molecular weight is 266 g/mol. The maximum atomic E-state index is 4.60. The van der Waals surface area contributed by atoms with Gasteiger partial charge in [0.25, 0.3) is 0 Å². The molecule has 0 aliphatic rings. The second-order valence-electron chi connectivity index (χ2n) is 3.98. The van der Waals surface area contributed by atoms with E-state index in [1.165, 1.54) is 14.8 Å². The molecule has 2 aromatic heterocycles.